The van der Waals surface area contributed by atoms with Crippen molar-refractivity contribution < 1.29 is 0 Å². The van der Waals surface area contributed by atoms with Crippen LogP contribution in [0, 0.1) is 13.3 Å². The highest BCUT2D eigenvalue weighted by Crippen LogP contribution is 2.31. The smallest absolute Gasteiger partial charge is 0.129 e. The summed E-state index contributed by atoms with van der Waals surface area (Å²) in [4.78, 5) is 4.40. The molecule has 0 aromatic carbocycles. The Labute approximate surface area is 90.5 Å². The van der Waals surface area contributed by atoms with Crippen molar-refractivity contribution in [1.82, 2.24) is 4.98 Å². The standard InChI is InChI=1S/C12H15ClN/c1-9-7-11(14-12(13)8-9)10-5-3-2-4-6-10/h3,7-8,10H,2,4-6H2,1H3. The van der Waals surface area contributed by atoms with E-state index in [0.717, 1.165) is 6.42 Å². The lowest BCUT2D eigenvalue weighted by Gasteiger charge is -2.21. The molecule has 1 radical (unpaired) electrons. The number of rotatable bonds is 1. The number of halogens is 1. The zero-order valence-electron chi connectivity index (χ0n) is 8.46. The van der Waals surface area contributed by atoms with Crippen LogP contribution in [0.4, 0.5) is 0 Å². The second kappa shape index (κ2) is 4.31. The lowest BCUT2D eigenvalue weighted by Crippen LogP contribution is -2.07. The molecule has 1 aromatic heterocycles. The van der Waals surface area contributed by atoms with E-state index < -0.39 is 0 Å². The Bertz CT molecular complexity index is 296. The molecule has 1 aliphatic rings. The fourth-order valence-corrected chi connectivity index (χ4v) is 2.34. The molecule has 0 N–H and O–H groups in total. The fraction of sp³-hybridized carbons (Fsp3) is 0.500. The molecule has 75 valence electrons. The average molecular weight is 209 g/mol. The predicted molar refractivity (Wildman–Crippen MR) is 59.5 cm³/mol. The second-order valence-corrected chi connectivity index (χ2v) is 4.43. The number of aryl methyl sites for hydroxylation is 1. The van der Waals surface area contributed by atoms with Crippen molar-refractivity contribution in [3.05, 3.63) is 35.0 Å². The molecule has 0 saturated heterocycles. The fourth-order valence-electron chi connectivity index (χ4n) is 2.07. The number of nitrogens with zero attached hydrogens (tertiary/aromatic N) is 1. The van der Waals surface area contributed by atoms with Crippen LogP contribution in [-0.4, -0.2) is 4.98 Å². The summed E-state index contributed by atoms with van der Waals surface area (Å²) in [6, 6.07) is 4.08. The largest absolute Gasteiger partial charge is 0.241 e. The Balaban J connectivity index is 2.21. The van der Waals surface area contributed by atoms with Gasteiger partial charge in [0, 0.05) is 11.6 Å². The topological polar surface area (TPSA) is 12.9 Å². The van der Waals surface area contributed by atoms with Gasteiger partial charge in [-0.05, 0) is 43.9 Å². The van der Waals surface area contributed by atoms with Crippen LogP contribution in [0.3, 0.4) is 0 Å². The minimum atomic E-state index is 0.598. The lowest BCUT2D eigenvalue weighted by atomic mass is 9.86. The average Bonchev–Trinajstić information content (AvgIpc) is 2.18. The van der Waals surface area contributed by atoms with Crippen molar-refractivity contribution >= 4 is 11.6 Å². The van der Waals surface area contributed by atoms with Crippen LogP contribution in [0.15, 0.2) is 12.1 Å². The van der Waals surface area contributed by atoms with Gasteiger partial charge in [-0.2, -0.15) is 0 Å². The van der Waals surface area contributed by atoms with Crippen LogP contribution in [0.1, 0.15) is 42.9 Å². The first-order valence-electron chi connectivity index (χ1n) is 5.21. The summed E-state index contributed by atoms with van der Waals surface area (Å²) in [6.07, 6.45) is 7.33. The highest BCUT2D eigenvalue weighted by Gasteiger charge is 2.17. The Morgan fingerprint density at radius 2 is 2.29 bits per heavy atom. The highest BCUT2D eigenvalue weighted by atomic mass is 35.5. The van der Waals surface area contributed by atoms with Crippen LogP contribution in [0.25, 0.3) is 0 Å². The quantitative estimate of drug-likeness (QED) is 0.638. The minimum absolute atomic E-state index is 0.598. The first-order valence-corrected chi connectivity index (χ1v) is 5.59. The number of aromatic nitrogens is 1. The summed E-state index contributed by atoms with van der Waals surface area (Å²) in [5.74, 6) is 0.598. The summed E-state index contributed by atoms with van der Waals surface area (Å²) in [7, 11) is 0. The molecule has 0 spiro atoms. The first kappa shape index (κ1) is 9.97. The molecule has 2 heteroatoms. The molecule has 1 aliphatic carbocycles. The molecule has 14 heavy (non-hydrogen) atoms. The molecule has 0 amide bonds. The molecule has 1 unspecified atom stereocenters. The number of pyridine rings is 1. The molecule has 1 heterocycles. The van der Waals surface area contributed by atoms with Gasteiger partial charge >= 0.3 is 0 Å². The molecule has 1 aromatic rings. The van der Waals surface area contributed by atoms with Gasteiger partial charge in [-0.1, -0.05) is 24.4 Å². The molecular weight excluding hydrogens is 194 g/mol. The summed E-state index contributed by atoms with van der Waals surface area (Å²) < 4.78 is 0. The predicted octanol–water partition coefficient (Wildman–Crippen LogP) is 3.91. The highest BCUT2D eigenvalue weighted by molar-refractivity contribution is 6.29. The van der Waals surface area contributed by atoms with Crippen molar-refractivity contribution in [2.24, 2.45) is 0 Å². The molecule has 1 saturated carbocycles. The van der Waals surface area contributed by atoms with Crippen molar-refractivity contribution in [3.8, 4) is 0 Å². The maximum atomic E-state index is 5.95. The van der Waals surface area contributed by atoms with E-state index in [2.05, 4.69) is 24.4 Å². The van der Waals surface area contributed by atoms with E-state index in [1.54, 1.807) is 0 Å². The Morgan fingerprint density at radius 1 is 1.43 bits per heavy atom. The first-order chi connectivity index (χ1) is 6.75. The second-order valence-electron chi connectivity index (χ2n) is 4.04. The SMILES string of the molecule is Cc1cc(Cl)nc(C2C[CH]CCC2)c1. The molecule has 0 aliphatic heterocycles. The Hall–Kier alpha value is -0.560. The molecule has 2 rings (SSSR count). The Morgan fingerprint density at radius 3 is 2.93 bits per heavy atom. The van der Waals surface area contributed by atoms with Gasteiger partial charge in [0.2, 0.25) is 0 Å². The van der Waals surface area contributed by atoms with Gasteiger partial charge in [0.15, 0.2) is 0 Å². The van der Waals surface area contributed by atoms with Crippen molar-refractivity contribution in [3.63, 3.8) is 0 Å². The lowest BCUT2D eigenvalue weighted by molar-refractivity contribution is 0.507. The number of hydrogen-bond acceptors (Lipinski definition) is 1. The van der Waals surface area contributed by atoms with Gasteiger partial charge in [-0.25, -0.2) is 4.98 Å². The van der Waals surface area contributed by atoms with E-state index >= 15 is 0 Å². The normalized spacial score (nSPS) is 18.4. The summed E-state index contributed by atoms with van der Waals surface area (Å²) >= 11 is 5.95. The maximum absolute atomic E-state index is 5.95. The minimum Gasteiger partial charge on any atom is -0.241 e. The third-order valence-corrected chi connectivity index (χ3v) is 2.98. The zero-order chi connectivity index (χ0) is 9.97. The van der Waals surface area contributed by atoms with E-state index in [9.17, 15) is 0 Å². The van der Waals surface area contributed by atoms with Crippen molar-refractivity contribution in [2.45, 2.75) is 38.5 Å². The summed E-state index contributed by atoms with van der Waals surface area (Å²) in [6.45, 7) is 2.07. The van der Waals surface area contributed by atoms with Crippen molar-refractivity contribution in [1.29, 1.82) is 0 Å². The van der Waals surface area contributed by atoms with E-state index in [1.165, 1.54) is 30.5 Å². The van der Waals surface area contributed by atoms with Crippen LogP contribution in [-0.2, 0) is 0 Å². The van der Waals surface area contributed by atoms with Gasteiger partial charge in [0.1, 0.15) is 5.15 Å². The van der Waals surface area contributed by atoms with Crippen LogP contribution >= 0.6 is 11.6 Å². The van der Waals surface area contributed by atoms with E-state index in [4.69, 9.17) is 11.6 Å². The third kappa shape index (κ3) is 2.27. The maximum Gasteiger partial charge on any atom is 0.129 e. The molecular formula is C12H15ClN. The van der Waals surface area contributed by atoms with Gasteiger partial charge in [0.25, 0.3) is 0 Å². The third-order valence-electron chi connectivity index (χ3n) is 2.79. The van der Waals surface area contributed by atoms with Crippen LogP contribution in [0.2, 0.25) is 5.15 Å². The molecule has 1 fully saturated rings. The van der Waals surface area contributed by atoms with Gasteiger partial charge in [-0.15, -0.1) is 0 Å². The van der Waals surface area contributed by atoms with E-state index in [-0.39, 0.29) is 0 Å². The van der Waals surface area contributed by atoms with Gasteiger partial charge in [-0.3, -0.25) is 0 Å². The summed E-state index contributed by atoms with van der Waals surface area (Å²) in [5.41, 5.74) is 2.39. The van der Waals surface area contributed by atoms with Gasteiger partial charge in [0.05, 0.1) is 0 Å². The van der Waals surface area contributed by atoms with Crippen LogP contribution in [0.5, 0.6) is 0 Å². The van der Waals surface area contributed by atoms with Crippen LogP contribution < -0.4 is 0 Å². The summed E-state index contributed by atoms with van der Waals surface area (Å²) in [5, 5.41) is 0.630. The molecule has 1 nitrogen and oxygen atoms in total. The molecule has 1 atom stereocenters. The van der Waals surface area contributed by atoms with Gasteiger partial charge < -0.3 is 0 Å². The zero-order valence-corrected chi connectivity index (χ0v) is 9.22. The van der Waals surface area contributed by atoms with E-state index in [0.29, 0.717) is 11.1 Å². The monoisotopic (exact) mass is 208 g/mol. The molecule has 0 bridgehead atoms. The van der Waals surface area contributed by atoms with E-state index in [1.807, 2.05) is 6.07 Å². The Kier molecular flexibility index (Phi) is 3.07. The number of hydrogen-bond donors (Lipinski definition) is 0. The van der Waals surface area contributed by atoms with Crippen molar-refractivity contribution in [2.75, 3.05) is 0 Å².